The van der Waals surface area contributed by atoms with Crippen LogP contribution in [0.3, 0.4) is 0 Å². The smallest absolute Gasteiger partial charge is 0.305 e. The molecular weight excluding hydrogens is 258 g/mol. The van der Waals surface area contributed by atoms with Crippen molar-refractivity contribution < 1.29 is 14.6 Å². The third kappa shape index (κ3) is 4.77. The lowest BCUT2D eigenvalue weighted by molar-refractivity contribution is -0.136. The Kier molecular flexibility index (Phi) is 5.44. The fourth-order valence-corrected chi connectivity index (χ4v) is 1.61. The molecule has 0 spiro atoms. The zero-order chi connectivity index (χ0) is 15.3. The summed E-state index contributed by atoms with van der Waals surface area (Å²) >= 11 is 0. The zero-order valence-electron chi connectivity index (χ0n) is 12.8. The van der Waals surface area contributed by atoms with E-state index in [4.69, 9.17) is 9.84 Å². The van der Waals surface area contributed by atoms with E-state index in [0.717, 1.165) is 17.3 Å². The average molecular weight is 281 g/mol. The maximum atomic E-state index is 10.7. The number of hydrogen-bond donors (Lipinski definition) is 1. The third-order valence-electron chi connectivity index (χ3n) is 2.78. The number of ether oxygens (including phenoxy) is 1. The number of carbonyl (C=O) groups is 1. The molecule has 0 amide bonds. The van der Waals surface area contributed by atoms with E-state index in [1.807, 2.05) is 38.8 Å². The number of rotatable bonds is 6. The van der Waals surface area contributed by atoms with Crippen molar-refractivity contribution in [2.24, 2.45) is 0 Å². The van der Waals surface area contributed by atoms with Crippen LogP contribution in [0.25, 0.3) is 0 Å². The zero-order valence-corrected chi connectivity index (χ0v) is 12.8. The van der Waals surface area contributed by atoms with Crippen LogP contribution >= 0.6 is 0 Å². The van der Waals surface area contributed by atoms with Gasteiger partial charge >= 0.3 is 5.97 Å². The lowest BCUT2D eigenvalue weighted by Crippen LogP contribution is -2.25. The van der Waals surface area contributed by atoms with Crippen LogP contribution in [-0.2, 0) is 21.6 Å². The van der Waals surface area contributed by atoms with E-state index >= 15 is 0 Å². The Morgan fingerprint density at radius 3 is 2.55 bits per heavy atom. The van der Waals surface area contributed by atoms with Gasteiger partial charge in [-0.15, -0.1) is 0 Å². The maximum absolute atomic E-state index is 10.7. The molecule has 1 N–H and O–H groups in total. The number of aliphatic carboxylic acids is 1. The van der Waals surface area contributed by atoms with Gasteiger partial charge in [0.1, 0.15) is 11.6 Å². The molecule has 6 nitrogen and oxygen atoms in total. The second kappa shape index (κ2) is 6.65. The molecule has 0 bridgehead atoms. The van der Waals surface area contributed by atoms with Gasteiger partial charge in [-0.3, -0.25) is 4.79 Å². The largest absolute Gasteiger partial charge is 0.481 e. The Hall–Kier alpha value is -1.69. The van der Waals surface area contributed by atoms with Crippen LogP contribution in [-0.4, -0.2) is 41.7 Å². The van der Waals surface area contributed by atoms with Crippen LogP contribution in [0.5, 0.6) is 0 Å². The Labute approximate surface area is 119 Å². The minimum absolute atomic E-state index is 0.0744. The average Bonchev–Trinajstić information content (AvgIpc) is 2.34. The summed E-state index contributed by atoms with van der Waals surface area (Å²) in [5.74, 6) is 0.626. The SMILES string of the molecule is COCc1cc(N(C)CCC(=O)O)nc(C(C)(C)C)n1. The number of hydrogen-bond acceptors (Lipinski definition) is 5. The molecule has 0 radical (unpaired) electrons. The molecule has 112 valence electrons. The first-order valence-corrected chi connectivity index (χ1v) is 6.54. The van der Waals surface area contributed by atoms with Crippen LogP contribution in [0.2, 0.25) is 0 Å². The standard InChI is InChI=1S/C14H23N3O3/c1-14(2,3)13-15-10(9-20-5)8-11(16-13)17(4)7-6-12(18)19/h8H,6-7,9H2,1-5H3,(H,18,19). The Balaban J connectivity index is 3.05. The number of aromatic nitrogens is 2. The number of methoxy groups -OCH3 is 1. The van der Waals surface area contributed by atoms with Gasteiger partial charge in [-0.1, -0.05) is 20.8 Å². The van der Waals surface area contributed by atoms with Crippen molar-refractivity contribution in [3.8, 4) is 0 Å². The maximum Gasteiger partial charge on any atom is 0.305 e. The molecule has 1 rings (SSSR count). The summed E-state index contributed by atoms with van der Waals surface area (Å²) in [5, 5.41) is 8.75. The molecule has 0 aliphatic carbocycles. The van der Waals surface area contributed by atoms with Crippen molar-refractivity contribution >= 4 is 11.8 Å². The van der Waals surface area contributed by atoms with Gasteiger partial charge in [0.15, 0.2) is 0 Å². The van der Waals surface area contributed by atoms with Gasteiger partial charge in [0, 0.05) is 32.2 Å². The van der Waals surface area contributed by atoms with E-state index in [0.29, 0.717) is 13.2 Å². The first-order valence-electron chi connectivity index (χ1n) is 6.54. The predicted molar refractivity (Wildman–Crippen MR) is 77.0 cm³/mol. The van der Waals surface area contributed by atoms with Crippen LogP contribution < -0.4 is 4.90 Å². The lowest BCUT2D eigenvalue weighted by atomic mass is 9.95. The Morgan fingerprint density at radius 2 is 2.05 bits per heavy atom. The minimum atomic E-state index is -0.820. The van der Waals surface area contributed by atoms with Crippen molar-refractivity contribution in [2.75, 3.05) is 25.6 Å². The fraction of sp³-hybridized carbons (Fsp3) is 0.643. The summed E-state index contributed by atoms with van der Waals surface area (Å²) in [6, 6.07) is 1.83. The van der Waals surface area contributed by atoms with Crippen molar-refractivity contribution in [2.45, 2.75) is 39.2 Å². The van der Waals surface area contributed by atoms with E-state index in [2.05, 4.69) is 9.97 Å². The highest BCUT2D eigenvalue weighted by Crippen LogP contribution is 2.22. The van der Waals surface area contributed by atoms with Crippen molar-refractivity contribution in [3.05, 3.63) is 17.6 Å². The van der Waals surface area contributed by atoms with E-state index in [9.17, 15) is 4.79 Å². The Bertz CT molecular complexity index is 469. The molecule has 1 aromatic heterocycles. The summed E-state index contributed by atoms with van der Waals surface area (Å²) in [5.41, 5.74) is 0.621. The second-order valence-corrected chi connectivity index (χ2v) is 5.79. The lowest BCUT2D eigenvalue weighted by Gasteiger charge is -2.22. The van der Waals surface area contributed by atoms with E-state index < -0.39 is 5.97 Å². The third-order valence-corrected chi connectivity index (χ3v) is 2.78. The van der Waals surface area contributed by atoms with Gasteiger partial charge in [-0.2, -0.15) is 0 Å². The molecule has 0 fully saturated rings. The molecular formula is C14H23N3O3. The summed E-state index contributed by atoms with van der Waals surface area (Å²) in [6.45, 7) is 6.94. The monoisotopic (exact) mass is 281 g/mol. The van der Waals surface area contributed by atoms with Gasteiger partial charge in [-0.25, -0.2) is 9.97 Å². The van der Waals surface area contributed by atoms with Crippen molar-refractivity contribution in [1.82, 2.24) is 9.97 Å². The number of carboxylic acid groups (broad SMARTS) is 1. The highest BCUT2D eigenvalue weighted by molar-refractivity contribution is 5.67. The molecule has 0 aliphatic rings. The Morgan fingerprint density at radius 1 is 1.40 bits per heavy atom. The van der Waals surface area contributed by atoms with Gasteiger partial charge < -0.3 is 14.7 Å². The minimum Gasteiger partial charge on any atom is -0.481 e. The molecule has 0 saturated heterocycles. The molecule has 1 aromatic rings. The van der Waals surface area contributed by atoms with Crippen molar-refractivity contribution in [1.29, 1.82) is 0 Å². The molecule has 1 heterocycles. The summed E-state index contributed by atoms with van der Waals surface area (Å²) in [7, 11) is 3.45. The predicted octanol–water partition coefficient (Wildman–Crippen LogP) is 1.83. The van der Waals surface area contributed by atoms with Crippen LogP contribution in [0.15, 0.2) is 6.07 Å². The quantitative estimate of drug-likeness (QED) is 0.857. The van der Waals surface area contributed by atoms with Crippen LogP contribution in [0, 0.1) is 0 Å². The van der Waals surface area contributed by atoms with Crippen LogP contribution in [0.1, 0.15) is 38.7 Å². The number of carboxylic acids is 1. The van der Waals surface area contributed by atoms with E-state index in [-0.39, 0.29) is 11.8 Å². The first kappa shape index (κ1) is 16.4. The summed E-state index contributed by atoms with van der Waals surface area (Å²) in [4.78, 5) is 21.5. The van der Waals surface area contributed by atoms with Gasteiger partial charge in [0.25, 0.3) is 0 Å². The highest BCUT2D eigenvalue weighted by atomic mass is 16.5. The molecule has 0 atom stereocenters. The van der Waals surface area contributed by atoms with E-state index in [1.54, 1.807) is 7.11 Å². The number of nitrogens with zero attached hydrogens (tertiary/aromatic N) is 3. The van der Waals surface area contributed by atoms with Gasteiger partial charge in [0.05, 0.1) is 18.7 Å². The fourth-order valence-electron chi connectivity index (χ4n) is 1.61. The molecule has 6 heteroatoms. The topological polar surface area (TPSA) is 75.5 Å². The van der Waals surface area contributed by atoms with E-state index in [1.165, 1.54) is 0 Å². The molecule has 0 unspecified atom stereocenters. The van der Waals surface area contributed by atoms with Crippen LogP contribution in [0.4, 0.5) is 5.82 Å². The van der Waals surface area contributed by atoms with Crippen molar-refractivity contribution in [3.63, 3.8) is 0 Å². The van der Waals surface area contributed by atoms with Gasteiger partial charge in [0.2, 0.25) is 0 Å². The molecule has 0 aromatic carbocycles. The summed E-state index contributed by atoms with van der Waals surface area (Å²) < 4.78 is 5.13. The molecule has 0 saturated carbocycles. The molecule has 20 heavy (non-hydrogen) atoms. The second-order valence-electron chi connectivity index (χ2n) is 5.79. The summed E-state index contributed by atoms with van der Waals surface area (Å²) in [6.07, 6.45) is 0.0744. The first-order chi connectivity index (χ1) is 9.24. The number of anilines is 1. The normalized spacial score (nSPS) is 11.4. The van der Waals surface area contributed by atoms with Gasteiger partial charge in [-0.05, 0) is 0 Å². The highest BCUT2D eigenvalue weighted by Gasteiger charge is 2.20. The molecule has 0 aliphatic heterocycles.